The van der Waals surface area contributed by atoms with Crippen molar-refractivity contribution >= 4 is 5.88 Å². The first-order valence-electron chi connectivity index (χ1n) is 5.81. The van der Waals surface area contributed by atoms with Crippen molar-refractivity contribution in [2.24, 2.45) is 5.73 Å². The molecule has 1 saturated heterocycles. The molecule has 2 rings (SSSR count). The minimum absolute atomic E-state index is 0.557. The Balaban J connectivity index is 2.08. The molecule has 1 aromatic heterocycles. The largest absolute Gasteiger partial charge is 0.443 e. The zero-order valence-electron chi connectivity index (χ0n) is 9.35. The topological polar surface area (TPSA) is 66.2 Å². The first-order chi connectivity index (χ1) is 7.81. The van der Waals surface area contributed by atoms with Crippen LogP contribution in [0.3, 0.4) is 0 Å². The van der Waals surface area contributed by atoms with Gasteiger partial charge >= 0.3 is 0 Å². The first-order valence-corrected chi connectivity index (χ1v) is 5.81. The van der Waals surface area contributed by atoms with E-state index in [4.69, 9.17) is 15.4 Å². The molecule has 1 aliphatic heterocycles. The first kappa shape index (κ1) is 11.0. The summed E-state index contributed by atoms with van der Waals surface area (Å²) in [5.74, 6) is 1.41. The maximum Gasteiger partial charge on any atom is 0.195 e. The summed E-state index contributed by atoms with van der Waals surface area (Å²) in [6.07, 6.45) is 5.00. The van der Waals surface area contributed by atoms with Crippen LogP contribution in [-0.2, 0) is 0 Å². The number of rotatable bonds is 2. The van der Waals surface area contributed by atoms with Gasteiger partial charge < -0.3 is 15.1 Å². The molecular weight excluding hydrogens is 202 g/mol. The molecule has 0 bridgehead atoms. The zero-order valence-corrected chi connectivity index (χ0v) is 9.35. The molecule has 0 radical (unpaired) electrons. The lowest BCUT2D eigenvalue weighted by molar-refractivity contribution is 0.486. The van der Waals surface area contributed by atoms with Crippen LogP contribution >= 0.6 is 0 Å². The van der Waals surface area contributed by atoms with Gasteiger partial charge in [0.1, 0.15) is 5.76 Å². The Morgan fingerprint density at radius 1 is 1.25 bits per heavy atom. The van der Waals surface area contributed by atoms with Gasteiger partial charge in [-0.15, -0.1) is 0 Å². The average Bonchev–Trinajstić information content (AvgIpc) is 2.64. The molecule has 1 aliphatic rings. The minimum Gasteiger partial charge on any atom is -0.443 e. The van der Waals surface area contributed by atoms with Crippen molar-refractivity contribution in [3.05, 3.63) is 17.9 Å². The van der Waals surface area contributed by atoms with E-state index < -0.39 is 6.04 Å². The molecule has 1 aromatic rings. The predicted octanol–water partition coefficient (Wildman–Crippen LogP) is 2.18. The SMILES string of the molecule is N#C[C@@H](N)c1ccc(N2CCCCCC2)o1. The van der Waals surface area contributed by atoms with Crippen LogP contribution in [0.5, 0.6) is 0 Å². The zero-order chi connectivity index (χ0) is 11.4. The van der Waals surface area contributed by atoms with E-state index >= 15 is 0 Å². The second-order valence-corrected chi connectivity index (χ2v) is 4.18. The van der Waals surface area contributed by atoms with Gasteiger partial charge in [-0.2, -0.15) is 5.26 Å². The highest BCUT2D eigenvalue weighted by atomic mass is 16.4. The summed E-state index contributed by atoms with van der Waals surface area (Å²) in [4.78, 5) is 2.24. The van der Waals surface area contributed by atoms with Crippen molar-refractivity contribution < 1.29 is 4.42 Å². The fourth-order valence-corrected chi connectivity index (χ4v) is 2.03. The van der Waals surface area contributed by atoms with Gasteiger partial charge in [0.2, 0.25) is 0 Å². The molecule has 0 spiro atoms. The molecule has 16 heavy (non-hydrogen) atoms. The van der Waals surface area contributed by atoms with Crippen molar-refractivity contribution in [1.29, 1.82) is 5.26 Å². The molecule has 0 aromatic carbocycles. The van der Waals surface area contributed by atoms with Gasteiger partial charge in [0.25, 0.3) is 0 Å². The molecule has 2 heterocycles. The molecule has 0 amide bonds. The number of hydrogen-bond acceptors (Lipinski definition) is 4. The quantitative estimate of drug-likeness (QED) is 0.828. The molecule has 4 heteroatoms. The van der Waals surface area contributed by atoms with E-state index in [1.165, 1.54) is 25.7 Å². The normalized spacial score (nSPS) is 18.9. The van der Waals surface area contributed by atoms with E-state index in [0.29, 0.717) is 5.76 Å². The van der Waals surface area contributed by atoms with Crippen LogP contribution < -0.4 is 10.6 Å². The summed E-state index contributed by atoms with van der Waals surface area (Å²) >= 11 is 0. The second kappa shape index (κ2) is 5.04. The Bertz CT molecular complexity index is 372. The van der Waals surface area contributed by atoms with Crippen LogP contribution in [-0.4, -0.2) is 13.1 Å². The number of furan rings is 1. The smallest absolute Gasteiger partial charge is 0.195 e. The van der Waals surface area contributed by atoms with Gasteiger partial charge in [-0.25, -0.2) is 0 Å². The summed E-state index contributed by atoms with van der Waals surface area (Å²) in [6.45, 7) is 2.07. The second-order valence-electron chi connectivity index (χ2n) is 4.18. The van der Waals surface area contributed by atoms with Crippen molar-refractivity contribution in [3.63, 3.8) is 0 Å². The maximum absolute atomic E-state index is 8.70. The monoisotopic (exact) mass is 219 g/mol. The van der Waals surface area contributed by atoms with Crippen LogP contribution in [0, 0.1) is 11.3 Å². The Labute approximate surface area is 95.6 Å². The third-order valence-corrected chi connectivity index (χ3v) is 2.98. The summed E-state index contributed by atoms with van der Waals surface area (Å²) in [6, 6.07) is 5.04. The lowest BCUT2D eigenvalue weighted by Crippen LogP contribution is -2.23. The predicted molar refractivity (Wildman–Crippen MR) is 61.9 cm³/mol. The lowest BCUT2D eigenvalue weighted by Gasteiger charge is -2.18. The van der Waals surface area contributed by atoms with Crippen LogP contribution in [0.4, 0.5) is 5.88 Å². The molecule has 2 N–H and O–H groups in total. The Hall–Kier alpha value is -1.47. The number of nitrogens with two attached hydrogens (primary N) is 1. The van der Waals surface area contributed by atoms with E-state index in [0.717, 1.165) is 19.0 Å². The van der Waals surface area contributed by atoms with Crippen LogP contribution in [0.1, 0.15) is 37.5 Å². The number of nitriles is 1. The minimum atomic E-state index is -0.652. The average molecular weight is 219 g/mol. The number of nitrogens with zero attached hydrogens (tertiary/aromatic N) is 2. The number of hydrogen-bond donors (Lipinski definition) is 1. The molecule has 1 atom stereocenters. The summed E-state index contributed by atoms with van der Waals surface area (Å²) in [5, 5.41) is 8.70. The van der Waals surface area contributed by atoms with E-state index in [-0.39, 0.29) is 0 Å². The van der Waals surface area contributed by atoms with Crippen molar-refractivity contribution in [2.45, 2.75) is 31.7 Å². The fraction of sp³-hybridized carbons (Fsp3) is 0.583. The maximum atomic E-state index is 8.70. The molecule has 1 fully saturated rings. The summed E-state index contributed by atoms with van der Waals surface area (Å²) in [5.41, 5.74) is 5.59. The van der Waals surface area contributed by atoms with Crippen LogP contribution in [0.15, 0.2) is 16.5 Å². The molecule has 0 unspecified atom stereocenters. The van der Waals surface area contributed by atoms with Crippen molar-refractivity contribution in [2.75, 3.05) is 18.0 Å². The van der Waals surface area contributed by atoms with Gasteiger partial charge in [-0.1, -0.05) is 12.8 Å². The van der Waals surface area contributed by atoms with E-state index in [1.54, 1.807) is 6.07 Å². The highest BCUT2D eigenvalue weighted by Crippen LogP contribution is 2.24. The van der Waals surface area contributed by atoms with Crippen molar-refractivity contribution in [3.8, 4) is 6.07 Å². The van der Waals surface area contributed by atoms with Gasteiger partial charge in [-0.3, -0.25) is 0 Å². The molecular formula is C12H17N3O. The molecule has 0 aliphatic carbocycles. The Morgan fingerprint density at radius 2 is 1.94 bits per heavy atom. The Morgan fingerprint density at radius 3 is 2.56 bits per heavy atom. The molecule has 86 valence electrons. The van der Waals surface area contributed by atoms with E-state index in [1.807, 2.05) is 12.1 Å². The lowest BCUT2D eigenvalue weighted by atomic mass is 10.2. The van der Waals surface area contributed by atoms with E-state index in [9.17, 15) is 0 Å². The fourth-order valence-electron chi connectivity index (χ4n) is 2.03. The third kappa shape index (κ3) is 2.37. The van der Waals surface area contributed by atoms with Crippen LogP contribution in [0.2, 0.25) is 0 Å². The molecule has 0 saturated carbocycles. The van der Waals surface area contributed by atoms with Gasteiger partial charge in [0.05, 0.1) is 6.07 Å². The standard InChI is InChI=1S/C12H17N3O/c13-9-10(14)11-5-6-12(16-11)15-7-3-1-2-4-8-15/h5-6,10H,1-4,7-8,14H2/t10-/m1/s1. The highest BCUT2D eigenvalue weighted by molar-refractivity contribution is 5.37. The van der Waals surface area contributed by atoms with Gasteiger partial charge in [0, 0.05) is 19.2 Å². The summed E-state index contributed by atoms with van der Waals surface area (Å²) in [7, 11) is 0. The third-order valence-electron chi connectivity index (χ3n) is 2.98. The number of anilines is 1. The summed E-state index contributed by atoms with van der Waals surface area (Å²) < 4.78 is 5.61. The van der Waals surface area contributed by atoms with Crippen molar-refractivity contribution in [1.82, 2.24) is 0 Å². The van der Waals surface area contributed by atoms with Gasteiger partial charge in [-0.05, 0) is 18.9 Å². The molecule has 4 nitrogen and oxygen atoms in total. The van der Waals surface area contributed by atoms with Gasteiger partial charge in [0.15, 0.2) is 11.9 Å². The Kier molecular flexibility index (Phi) is 3.47. The van der Waals surface area contributed by atoms with Crippen LogP contribution in [0.25, 0.3) is 0 Å². The highest BCUT2D eigenvalue weighted by Gasteiger charge is 2.15. The van der Waals surface area contributed by atoms with E-state index in [2.05, 4.69) is 4.90 Å².